The highest BCUT2D eigenvalue weighted by molar-refractivity contribution is 5.89. The van der Waals surface area contributed by atoms with Crippen molar-refractivity contribution < 1.29 is 29.0 Å². The van der Waals surface area contributed by atoms with Crippen molar-refractivity contribution in [2.75, 3.05) is 19.8 Å². The molecule has 2 rings (SSSR count). The zero-order valence-corrected chi connectivity index (χ0v) is 14.7. The highest BCUT2D eigenvalue weighted by atomic mass is 16.6. The second-order valence-corrected chi connectivity index (χ2v) is 6.62. The molecule has 1 fully saturated rings. The van der Waals surface area contributed by atoms with Crippen molar-refractivity contribution in [2.24, 2.45) is 5.41 Å². The molecule has 0 bridgehead atoms. The standard InChI is InChI=1S/C19H25NO6/c21-16(22)13-19(9-5-2-6-10-19)14-20-18(24)26-12-11-25-17(23)15-7-3-1-4-8-15/h1,3-4,7-8H,2,5-6,9-14H2,(H,20,24)(H,21,22). The van der Waals surface area contributed by atoms with E-state index in [0.29, 0.717) is 5.56 Å². The Morgan fingerprint density at radius 2 is 1.65 bits per heavy atom. The van der Waals surface area contributed by atoms with Crippen LogP contribution in [0.4, 0.5) is 4.79 Å². The Labute approximate surface area is 152 Å². The number of carbonyl (C=O) groups excluding carboxylic acids is 2. The largest absolute Gasteiger partial charge is 0.481 e. The molecular weight excluding hydrogens is 338 g/mol. The Hall–Kier alpha value is -2.57. The molecule has 7 nitrogen and oxygen atoms in total. The van der Waals surface area contributed by atoms with Gasteiger partial charge in [0.05, 0.1) is 12.0 Å². The number of rotatable bonds is 8. The zero-order valence-electron chi connectivity index (χ0n) is 14.7. The minimum absolute atomic E-state index is 0.0403. The van der Waals surface area contributed by atoms with Crippen molar-refractivity contribution in [3.05, 3.63) is 35.9 Å². The maximum atomic E-state index is 11.8. The predicted octanol–water partition coefficient (Wildman–Crippen LogP) is 2.99. The first-order valence-electron chi connectivity index (χ1n) is 8.85. The number of ether oxygens (including phenoxy) is 2. The molecule has 0 unspecified atom stereocenters. The molecule has 0 heterocycles. The zero-order chi connectivity index (χ0) is 18.8. The minimum Gasteiger partial charge on any atom is -0.481 e. The summed E-state index contributed by atoms with van der Waals surface area (Å²) in [7, 11) is 0. The van der Waals surface area contributed by atoms with Gasteiger partial charge in [0.25, 0.3) is 0 Å². The van der Waals surface area contributed by atoms with Gasteiger partial charge >= 0.3 is 18.0 Å². The van der Waals surface area contributed by atoms with Gasteiger partial charge in [0.1, 0.15) is 13.2 Å². The number of aliphatic carboxylic acids is 1. The number of carbonyl (C=O) groups is 3. The SMILES string of the molecule is O=C(O)CC1(CNC(=O)OCCOC(=O)c2ccccc2)CCCCC1. The lowest BCUT2D eigenvalue weighted by Crippen LogP contribution is -2.40. The van der Waals surface area contributed by atoms with E-state index >= 15 is 0 Å². The van der Waals surface area contributed by atoms with Crippen molar-refractivity contribution in [3.63, 3.8) is 0 Å². The van der Waals surface area contributed by atoms with E-state index in [1.54, 1.807) is 30.3 Å². The molecule has 0 atom stereocenters. The van der Waals surface area contributed by atoms with E-state index in [0.717, 1.165) is 32.1 Å². The first-order chi connectivity index (χ1) is 12.5. The third-order valence-corrected chi connectivity index (χ3v) is 4.61. The highest BCUT2D eigenvalue weighted by Gasteiger charge is 2.34. The molecule has 2 N–H and O–H groups in total. The number of carboxylic acids is 1. The summed E-state index contributed by atoms with van der Waals surface area (Å²) in [5.74, 6) is -1.33. The lowest BCUT2D eigenvalue weighted by Gasteiger charge is -2.36. The molecule has 0 aromatic heterocycles. The Morgan fingerprint density at radius 3 is 2.31 bits per heavy atom. The van der Waals surface area contributed by atoms with Crippen molar-refractivity contribution >= 4 is 18.0 Å². The fourth-order valence-corrected chi connectivity index (χ4v) is 3.28. The monoisotopic (exact) mass is 363 g/mol. The number of carboxylic acid groups (broad SMARTS) is 1. The van der Waals surface area contributed by atoms with E-state index in [9.17, 15) is 14.4 Å². The Morgan fingerprint density at radius 1 is 1.00 bits per heavy atom. The Bertz CT molecular complexity index is 610. The molecule has 1 aromatic rings. The summed E-state index contributed by atoms with van der Waals surface area (Å²) < 4.78 is 10.0. The average molecular weight is 363 g/mol. The van der Waals surface area contributed by atoms with Crippen LogP contribution in [0.3, 0.4) is 0 Å². The van der Waals surface area contributed by atoms with E-state index in [1.165, 1.54) is 0 Å². The van der Waals surface area contributed by atoms with Crippen LogP contribution in [0, 0.1) is 5.41 Å². The van der Waals surface area contributed by atoms with Crippen LogP contribution in [0.15, 0.2) is 30.3 Å². The predicted molar refractivity (Wildman–Crippen MR) is 93.8 cm³/mol. The summed E-state index contributed by atoms with van der Waals surface area (Å²) in [6, 6.07) is 8.55. The smallest absolute Gasteiger partial charge is 0.407 e. The van der Waals surface area contributed by atoms with Gasteiger partial charge in [0.2, 0.25) is 0 Å². The molecule has 1 aromatic carbocycles. The maximum absolute atomic E-state index is 11.8. The van der Waals surface area contributed by atoms with Crippen LogP contribution in [0.2, 0.25) is 0 Å². The second-order valence-electron chi connectivity index (χ2n) is 6.62. The van der Waals surface area contributed by atoms with Crippen LogP contribution >= 0.6 is 0 Å². The van der Waals surface area contributed by atoms with Gasteiger partial charge in [-0.3, -0.25) is 4.79 Å². The number of nitrogens with one attached hydrogen (secondary N) is 1. The summed E-state index contributed by atoms with van der Waals surface area (Å²) in [4.78, 5) is 34.7. The maximum Gasteiger partial charge on any atom is 0.407 e. The fraction of sp³-hybridized carbons (Fsp3) is 0.526. The summed E-state index contributed by atoms with van der Waals surface area (Å²) in [6.07, 6.45) is 4.03. The summed E-state index contributed by atoms with van der Waals surface area (Å²) in [5, 5.41) is 11.8. The number of hydrogen-bond donors (Lipinski definition) is 2. The number of benzene rings is 1. The van der Waals surface area contributed by atoms with Crippen molar-refractivity contribution in [2.45, 2.75) is 38.5 Å². The Kier molecular flexibility index (Phi) is 7.44. The molecule has 0 saturated heterocycles. The third kappa shape index (κ3) is 6.38. The van der Waals surface area contributed by atoms with Crippen LogP contribution in [0.25, 0.3) is 0 Å². The number of hydrogen-bond acceptors (Lipinski definition) is 5. The second kappa shape index (κ2) is 9.79. The van der Waals surface area contributed by atoms with Gasteiger partial charge in [-0.05, 0) is 30.4 Å². The highest BCUT2D eigenvalue weighted by Crippen LogP contribution is 2.38. The van der Waals surface area contributed by atoms with Gasteiger partial charge < -0.3 is 19.9 Å². The van der Waals surface area contributed by atoms with Gasteiger partial charge in [0.15, 0.2) is 0 Å². The van der Waals surface area contributed by atoms with E-state index in [4.69, 9.17) is 14.6 Å². The quantitative estimate of drug-likeness (QED) is 0.544. The topological polar surface area (TPSA) is 102 Å². The van der Waals surface area contributed by atoms with Gasteiger partial charge in [-0.25, -0.2) is 9.59 Å². The molecule has 1 aliphatic carbocycles. The van der Waals surface area contributed by atoms with Gasteiger partial charge in [-0.2, -0.15) is 0 Å². The van der Waals surface area contributed by atoms with Gasteiger partial charge in [-0.1, -0.05) is 37.5 Å². The van der Waals surface area contributed by atoms with Crippen LogP contribution in [0.5, 0.6) is 0 Å². The summed E-state index contributed by atoms with van der Waals surface area (Å²) >= 11 is 0. The van der Waals surface area contributed by atoms with Crippen molar-refractivity contribution in [1.29, 1.82) is 0 Å². The summed E-state index contributed by atoms with van der Waals surface area (Å²) in [6.45, 7) is 0.180. The lowest BCUT2D eigenvalue weighted by molar-refractivity contribution is -0.140. The molecule has 0 spiro atoms. The number of alkyl carbamates (subject to hydrolysis) is 1. The first-order valence-corrected chi connectivity index (χ1v) is 8.85. The van der Waals surface area contributed by atoms with Crippen LogP contribution in [0.1, 0.15) is 48.9 Å². The molecule has 0 radical (unpaired) electrons. The van der Waals surface area contributed by atoms with E-state index in [-0.39, 0.29) is 26.2 Å². The van der Waals surface area contributed by atoms with E-state index in [1.807, 2.05) is 0 Å². The van der Waals surface area contributed by atoms with Crippen molar-refractivity contribution in [3.8, 4) is 0 Å². The Balaban J connectivity index is 1.68. The first kappa shape index (κ1) is 19.8. The molecule has 26 heavy (non-hydrogen) atoms. The van der Waals surface area contributed by atoms with Crippen molar-refractivity contribution in [1.82, 2.24) is 5.32 Å². The lowest BCUT2D eigenvalue weighted by atomic mass is 9.72. The molecule has 142 valence electrons. The number of amides is 1. The van der Waals surface area contributed by atoms with Gasteiger partial charge in [-0.15, -0.1) is 0 Å². The molecule has 1 saturated carbocycles. The molecule has 0 aliphatic heterocycles. The molecule has 1 aliphatic rings. The van der Waals surface area contributed by atoms with E-state index < -0.39 is 23.4 Å². The minimum atomic E-state index is -0.852. The average Bonchev–Trinajstić information content (AvgIpc) is 2.64. The van der Waals surface area contributed by atoms with Gasteiger partial charge in [0, 0.05) is 6.54 Å². The molecule has 1 amide bonds. The van der Waals surface area contributed by atoms with E-state index in [2.05, 4.69) is 5.32 Å². The summed E-state index contributed by atoms with van der Waals surface area (Å²) in [5.41, 5.74) is 0.0351. The molecular formula is C19H25NO6. The van der Waals surface area contributed by atoms with Crippen LogP contribution in [-0.2, 0) is 14.3 Å². The third-order valence-electron chi connectivity index (χ3n) is 4.61. The molecule has 7 heteroatoms. The normalized spacial score (nSPS) is 15.7. The van der Waals surface area contributed by atoms with Crippen LogP contribution in [-0.4, -0.2) is 42.9 Å². The van der Waals surface area contributed by atoms with Crippen LogP contribution < -0.4 is 5.32 Å². The number of esters is 1. The fourth-order valence-electron chi connectivity index (χ4n) is 3.28.